The zero-order chi connectivity index (χ0) is 13.1. The van der Waals surface area contributed by atoms with E-state index in [0.29, 0.717) is 31.6 Å². The zero-order valence-electron chi connectivity index (χ0n) is 9.92. The Balaban J connectivity index is 1.88. The van der Waals surface area contributed by atoms with Crippen LogP contribution in [0.5, 0.6) is 0 Å². The Morgan fingerprint density at radius 3 is 2.50 bits per heavy atom. The average Bonchev–Trinajstić information content (AvgIpc) is 2.66. The van der Waals surface area contributed by atoms with Gasteiger partial charge in [0.2, 0.25) is 0 Å². The first kappa shape index (κ1) is 13.7. The van der Waals surface area contributed by atoms with Crippen LogP contribution in [0, 0.1) is 0 Å². The Labute approximate surface area is 114 Å². The smallest absolute Gasteiger partial charge is 0.165 e. The van der Waals surface area contributed by atoms with Crippen LogP contribution in [0.4, 0.5) is 0 Å². The van der Waals surface area contributed by atoms with Crippen molar-refractivity contribution in [2.75, 3.05) is 19.6 Å². The molecule has 2 rings (SSSR count). The van der Waals surface area contributed by atoms with Crippen LogP contribution in [0.1, 0.15) is 16.8 Å². The van der Waals surface area contributed by atoms with Crippen molar-refractivity contribution in [1.29, 1.82) is 0 Å². The van der Waals surface area contributed by atoms with Crippen LogP contribution in [0.2, 0.25) is 0 Å². The minimum atomic E-state index is -0.691. The predicted octanol–water partition coefficient (Wildman–Crippen LogP) is 1.06. The molecule has 0 amide bonds. The summed E-state index contributed by atoms with van der Waals surface area (Å²) in [6.45, 7) is 1.43. The molecule has 2 atom stereocenters. The fourth-order valence-corrected chi connectivity index (χ4v) is 2.62. The summed E-state index contributed by atoms with van der Waals surface area (Å²) in [6, 6.07) is 7.34. The third-order valence-corrected chi connectivity index (χ3v) is 3.86. The first-order chi connectivity index (χ1) is 8.58. The molecule has 2 unspecified atom stereocenters. The number of likely N-dealkylation sites (tertiary alicyclic amines) is 1. The summed E-state index contributed by atoms with van der Waals surface area (Å²) in [7, 11) is 0. The lowest BCUT2D eigenvalue weighted by Crippen LogP contribution is -2.25. The second kappa shape index (κ2) is 5.93. The van der Waals surface area contributed by atoms with Gasteiger partial charge in [-0.25, -0.2) is 0 Å². The van der Waals surface area contributed by atoms with Crippen molar-refractivity contribution in [2.45, 2.75) is 18.6 Å². The number of rotatable bonds is 4. The highest BCUT2D eigenvalue weighted by molar-refractivity contribution is 9.10. The monoisotopic (exact) mass is 313 g/mol. The second-order valence-electron chi connectivity index (χ2n) is 4.55. The van der Waals surface area contributed by atoms with Gasteiger partial charge in [-0.3, -0.25) is 9.69 Å². The third-order valence-electron chi connectivity index (χ3n) is 3.16. The summed E-state index contributed by atoms with van der Waals surface area (Å²) in [4.78, 5) is 13.9. The Kier molecular flexibility index (Phi) is 4.50. The van der Waals surface area contributed by atoms with Crippen molar-refractivity contribution in [3.63, 3.8) is 0 Å². The van der Waals surface area contributed by atoms with Gasteiger partial charge in [0.1, 0.15) is 0 Å². The van der Waals surface area contributed by atoms with Crippen molar-refractivity contribution in [3.05, 3.63) is 34.3 Å². The first-order valence-electron chi connectivity index (χ1n) is 5.94. The minimum absolute atomic E-state index is 0.0679. The molecule has 0 saturated carbocycles. The molecule has 1 aliphatic rings. The van der Waals surface area contributed by atoms with Crippen LogP contribution < -0.4 is 0 Å². The summed E-state index contributed by atoms with van der Waals surface area (Å²) in [5, 5.41) is 18.8. The molecular weight excluding hydrogens is 298 g/mol. The number of carbonyl (C=O) groups is 1. The van der Waals surface area contributed by atoms with Crippen molar-refractivity contribution in [2.24, 2.45) is 0 Å². The Hall–Kier alpha value is -0.750. The van der Waals surface area contributed by atoms with Gasteiger partial charge in [-0.2, -0.15) is 0 Å². The van der Waals surface area contributed by atoms with Gasteiger partial charge in [0.05, 0.1) is 12.2 Å². The maximum Gasteiger partial charge on any atom is 0.165 e. The van der Waals surface area contributed by atoms with Crippen LogP contribution in [-0.4, -0.2) is 52.7 Å². The lowest BCUT2D eigenvalue weighted by molar-refractivity contribution is 0.0572. The molecule has 2 N–H and O–H groups in total. The molecule has 98 valence electrons. The molecule has 1 fully saturated rings. The van der Waals surface area contributed by atoms with Gasteiger partial charge in [-0.1, -0.05) is 34.1 Å². The lowest BCUT2D eigenvalue weighted by atomic mass is 10.1. The van der Waals surface area contributed by atoms with E-state index in [0.717, 1.165) is 4.47 Å². The number of carbonyl (C=O) groups excluding carboxylic acids is 1. The molecule has 4 nitrogen and oxygen atoms in total. The number of nitrogens with zero attached hydrogens (tertiary/aromatic N) is 1. The summed E-state index contributed by atoms with van der Waals surface area (Å²) in [6.07, 6.45) is -0.991. The molecule has 1 aliphatic heterocycles. The van der Waals surface area contributed by atoms with Crippen LogP contribution in [-0.2, 0) is 0 Å². The van der Waals surface area contributed by atoms with E-state index >= 15 is 0 Å². The fourth-order valence-electron chi connectivity index (χ4n) is 2.11. The molecule has 0 radical (unpaired) electrons. The van der Waals surface area contributed by atoms with Gasteiger partial charge in [-0.15, -0.1) is 0 Å². The molecule has 1 aromatic rings. The van der Waals surface area contributed by atoms with Gasteiger partial charge < -0.3 is 10.2 Å². The molecule has 0 aliphatic carbocycles. The Morgan fingerprint density at radius 1 is 1.28 bits per heavy atom. The van der Waals surface area contributed by atoms with E-state index in [4.69, 9.17) is 0 Å². The summed E-state index contributed by atoms with van der Waals surface area (Å²) < 4.78 is 0.802. The van der Waals surface area contributed by atoms with E-state index < -0.39 is 12.2 Å². The van der Waals surface area contributed by atoms with Crippen LogP contribution >= 0.6 is 15.9 Å². The maximum atomic E-state index is 12.0. The number of benzene rings is 1. The first-order valence-corrected chi connectivity index (χ1v) is 6.73. The average molecular weight is 314 g/mol. The van der Waals surface area contributed by atoms with Gasteiger partial charge in [0, 0.05) is 36.1 Å². The van der Waals surface area contributed by atoms with E-state index in [1.165, 1.54) is 0 Å². The molecule has 1 heterocycles. The number of β-amino-alcohol motifs (C(OH)–C–C–N with tert-alkyl or cyclic N) is 2. The van der Waals surface area contributed by atoms with Gasteiger partial charge >= 0.3 is 0 Å². The third kappa shape index (κ3) is 3.17. The predicted molar refractivity (Wildman–Crippen MR) is 71.5 cm³/mol. The number of Topliss-reactive ketones (excluding diaryl/α,β-unsaturated/α-hetero) is 1. The molecular formula is C13H16BrNO3. The van der Waals surface area contributed by atoms with Crippen LogP contribution in [0.25, 0.3) is 0 Å². The highest BCUT2D eigenvalue weighted by atomic mass is 79.9. The fraction of sp³-hybridized carbons (Fsp3) is 0.462. The van der Waals surface area contributed by atoms with Crippen molar-refractivity contribution >= 4 is 21.7 Å². The Morgan fingerprint density at radius 2 is 1.89 bits per heavy atom. The number of hydrogen-bond donors (Lipinski definition) is 2. The zero-order valence-corrected chi connectivity index (χ0v) is 11.5. The Bertz CT molecular complexity index is 428. The van der Waals surface area contributed by atoms with E-state index in [-0.39, 0.29) is 5.78 Å². The van der Waals surface area contributed by atoms with E-state index in [9.17, 15) is 15.0 Å². The SMILES string of the molecule is O=C(CCN1CC(O)C(O)C1)c1ccccc1Br. The standard InChI is InChI=1S/C13H16BrNO3/c14-10-4-2-1-3-9(10)11(16)5-6-15-7-12(17)13(18)8-15/h1-4,12-13,17-18H,5-8H2. The van der Waals surface area contributed by atoms with Crippen molar-refractivity contribution < 1.29 is 15.0 Å². The van der Waals surface area contributed by atoms with E-state index in [1.807, 2.05) is 23.1 Å². The van der Waals surface area contributed by atoms with E-state index in [1.54, 1.807) is 6.07 Å². The summed E-state index contributed by atoms with van der Waals surface area (Å²) in [5.74, 6) is 0.0679. The van der Waals surface area contributed by atoms with Crippen LogP contribution in [0.3, 0.4) is 0 Å². The summed E-state index contributed by atoms with van der Waals surface area (Å²) in [5.41, 5.74) is 0.679. The normalized spacial score (nSPS) is 24.4. The molecule has 18 heavy (non-hydrogen) atoms. The number of aliphatic hydroxyl groups is 2. The highest BCUT2D eigenvalue weighted by Gasteiger charge is 2.29. The molecule has 1 aromatic carbocycles. The topological polar surface area (TPSA) is 60.8 Å². The number of halogens is 1. The van der Waals surface area contributed by atoms with E-state index in [2.05, 4.69) is 15.9 Å². The quantitative estimate of drug-likeness (QED) is 0.816. The molecule has 0 spiro atoms. The minimum Gasteiger partial charge on any atom is -0.389 e. The highest BCUT2D eigenvalue weighted by Crippen LogP contribution is 2.18. The molecule has 1 saturated heterocycles. The lowest BCUT2D eigenvalue weighted by Gasteiger charge is -2.14. The van der Waals surface area contributed by atoms with Crippen LogP contribution in [0.15, 0.2) is 28.7 Å². The van der Waals surface area contributed by atoms with Gasteiger partial charge in [-0.05, 0) is 6.07 Å². The van der Waals surface area contributed by atoms with Gasteiger partial charge in [0.25, 0.3) is 0 Å². The molecule has 0 bridgehead atoms. The molecule has 5 heteroatoms. The van der Waals surface area contributed by atoms with Crippen molar-refractivity contribution in [1.82, 2.24) is 4.90 Å². The number of hydrogen-bond acceptors (Lipinski definition) is 4. The number of aliphatic hydroxyl groups excluding tert-OH is 2. The second-order valence-corrected chi connectivity index (χ2v) is 5.40. The maximum absolute atomic E-state index is 12.0. The number of ketones is 1. The largest absolute Gasteiger partial charge is 0.389 e. The summed E-state index contributed by atoms with van der Waals surface area (Å²) >= 11 is 3.36. The van der Waals surface area contributed by atoms with Crippen molar-refractivity contribution in [3.8, 4) is 0 Å². The molecule has 0 aromatic heterocycles. The van der Waals surface area contributed by atoms with Gasteiger partial charge in [0.15, 0.2) is 5.78 Å².